The summed E-state index contributed by atoms with van der Waals surface area (Å²) in [7, 11) is 1.15. The molecule has 0 bridgehead atoms. The fraction of sp³-hybridized carbons (Fsp3) is 0.125. The molecular formula is C8H7IO2. The first-order valence-corrected chi connectivity index (χ1v) is 3.83. The largest absolute Gasteiger partial charge is 0.465 e. The monoisotopic (exact) mass is 266 g/mol. The van der Waals surface area contributed by atoms with Gasteiger partial charge in [-0.25, -0.2) is 4.79 Å². The summed E-state index contributed by atoms with van der Waals surface area (Å²) in [5.74, 6) is -0.823. The Hall–Kier alpha value is -0.580. The lowest BCUT2D eigenvalue weighted by Gasteiger charge is -1.97. The third-order valence-corrected chi connectivity index (χ3v) is 1.52. The van der Waals surface area contributed by atoms with Crippen molar-refractivity contribution in [1.29, 1.82) is 0 Å². The van der Waals surface area contributed by atoms with Gasteiger partial charge in [0.2, 0.25) is 0 Å². The van der Waals surface area contributed by atoms with Crippen LogP contribution in [-0.4, -0.2) is 13.1 Å². The van der Waals surface area contributed by atoms with Crippen molar-refractivity contribution in [1.82, 2.24) is 0 Å². The van der Waals surface area contributed by atoms with Gasteiger partial charge in [0.25, 0.3) is 0 Å². The van der Waals surface area contributed by atoms with Gasteiger partial charge in [-0.1, -0.05) is 6.04 Å². The summed E-state index contributed by atoms with van der Waals surface area (Å²) < 4.78 is 34.5. The summed E-state index contributed by atoms with van der Waals surface area (Å²) in [5.41, 5.74) is -0.261. The Bertz CT molecular complexity index is 404. The molecule has 0 saturated carbocycles. The predicted molar refractivity (Wildman–Crippen MR) is 50.5 cm³/mol. The van der Waals surface area contributed by atoms with Crippen LogP contribution >= 0.6 is 22.6 Å². The van der Waals surface area contributed by atoms with Crippen LogP contribution in [0, 0.1) is 3.57 Å². The van der Waals surface area contributed by atoms with Crippen molar-refractivity contribution in [3.8, 4) is 0 Å². The zero-order valence-corrected chi connectivity index (χ0v) is 7.85. The van der Waals surface area contributed by atoms with Crippen molar-refractivity contribution in [2.75, 3.05) is 7.11 Å². The molecule has 0 heterocycles. The van der Waals surface area contributed by atoms with Crippen LogP contribution in [-0.2, 0) is 4.74 Å². The van der Waals surface area contributed by atoms with E-state index in [2.05, 4.69) is 4.74 Å². The second-order valence-corrected chi connectivity index (χ2v) is 2.76. The van der Waals surface area contributed by atoms with Crippen molar-refractivity contribution >= 4 is 28.6 Å². The van der Waals surface area contributed by atoms with Gasteiger partial charge in [0.1, 0.15) is 0 Å². The summed E-state index contributed by atoms with van der Waals surface area (Å²) in [4.78, 5) is 11.3. The number of methoxy groups -OCH3 is 1. The molecule has 0 aliphatic rings. The Labute approximate surface area is 84.3 Å². The van der Waals surface area contributed by atoms with Crippen molar-refractivity contribution in [2.45, 2.75) is 0 Å². The second kappa shape index (κ2) is 3.71. The minimum atomic E-state index is -0.823. The molecule has 2 nitrogen and oxygen atoms in total. The summed E-state index contributed by atoms with van der Waals surface area (Å²) in [6, 6.07) is -1.24. The highest BCUT2D eigenvalue weighted by atomic mass is 127. The van der Waals surface area contributed by atoms with Crippen molar-refractivity contribution < 1.29 is 15.0 Å². The van der Waals surface area contributed by atoms with E-state index in [0.717, 1.165) is 7.11 Å². The van der Waals surface area contributed by atoms with E-state index in [4.69, 9.17) is 5.48 Å². The van der Waals surface area contributed by atoms with E-state index in [0.29, 0.717) is 0 Å². The van der Waals surface area contributed by atoms with Crippen molar-refractivity contribution in [3.63, 3.8) is 0 Å². The fourth-order valence-electron chi connectivity index (χ4n) is 0.525. The predicted octanol–water partition coefficient (Wildman–Crippen LogP) is 2.08. The molecule has 0 spiro atoms. The molecule has 0 radical (unpaired) electrons. The second-order valence-electron chi connectivity index (χ2n) is 1.68. The first-order chi connectivity index (χ1) is 6.91. The van der Waals surface area contributed by atoms with Gasteiger partial charge in [0.05, 0.1) is 18.2 Å². The van der Waals surface area contributed by atoms with Crippen molar-refractivity contribution in [2.24, 2.45) is 0 Å². The Kier molecular flexibility index (Phi) is 1.50. The highest BCUT2D eigenvalue weighted by Crippen LogP contribution is 2.08. The topological polar surface area (TPSA) is 26.3 Å². The van der Waals surface area contributed by atoms with Crippen LogP contribution in [0.15, 0.2) is 24.2 Å². The third-order valence-electron chi connectivity index (χ3n) is 0.984. The Morgan fingerprint density at radius 1 is 1.73 bits per heavy atom. The molecule has 11 heavy (non-hydrogen) atoms. The van der Waals surface area contributed by atoms with E-state index in [1.807, 2.05) is 0 Å². The minimum Gasteiger partial charge on any atom is -0.465 e. The molecule has 58 valence electrons. The van der Waals surface area contributed by atoms with Crippen LogP contribution in [0.3, 0.4) is 0 Å². The normalized spacial score (nSPS) is 14.4. The maximum Gasteiger partial charge on any atom is 0.337 e. The van der Waals surface area contributed by atoms with Gasteiger partial charge in [0.15, 0.2) is 0 Å². The highest BCUT2D eigenvalue weighted by molar-refractivity contribution is 14.1. The van der Waals surface area contributed by atoms with Crippen LogP contribution in [0.1, 0.15) is 15.8 Å². The van der Waals surface area contributed by atoms with Crippen LogP contribution in [0.4, 0.5) is 0 Å². The van der Waals surface area contributed by atoms with E-state index in [1.165, 1.54) is 0 Å². The van der Waals surface area contributed by atoms with Gasteiger partial charge < -0.3 is 4.74 Å². The molecule has 0 N–H and O–H groups in total. The minimum absolute atomic E-state index is 0.175. The van der Waals surface area contributed by atoms with E-state index < -0.39 is 12.0 Å². The molecule has 0 amide bonds. The third kappa shape index (κ3) is 2.18. The average Bonchev–Trinajstić information content (AvgIpc) is 2.23. The number of benzene rings is 1. The van der Waals surface area contributed by atoms with Crippen LogP contribution in [0.2, 0.25) is 0 Å². The SMILES string of the molecule is [2H]c1c([2H])c(I)c([2H])c(C(=O)OC)c1[2H]. The van der Waals surface area contributed by atoms with Gasteiger partial charge in [-0.3, -0.25) is 0 Å². The van der Waals surface area contributed by atoms with E-state index >= 15 is 0 Å². The first-order valence-electron chi connectivity index (χ1n) is 4.76. The summed E-state index contributed by atoms with van der Waals surface area (Å²) in [5, 5.41) is 0. The Balaban J connectivity index is 3.60. The molecular weight excluding hydrogens is 255 g/mol. The molecule has 0 atom stereocenters. The molecule has 1 rings (SSSR count). The molecule has 3 heteroatoms. The summed E-state index contributed by atoms with van der Waals surface area (Å²) >= 11 is 1.70. The number of halogens is 1. The number of rotatable bonds is 1. The molecule has 0 saturated heterocycles. The lowest BCUT2D eigenvalue weighted by atomic mass is 10.2. The highest BCUT2D eigenvalue weighted by Gasteiger charge is 2.03. The number of esters is 1. The molecule has 0 fully saturated rings. The smallest absolute Gasteiger partial charge is 0.337 e. The van der Waals surface area contributed by atoms with Gasteiger partial charge >= 0.3 is 5.97 Å². The van der Waals surface area contributed by atoms with Crippen LogP contribution in [0.5, 0.6) is 0 Å². The van der Waals surface area contributed by atoms with E-state index in [1.54, 1.807) is 22.6 Å². The lowest BCUT2D eigenvalue weighted by Crippen LogP contribution is -2.00. The fourth-order valence-corrected chi connectivity index (χ4v) is 0.930. The summed E-state index contributed by atoms with van der Waals surface area (Å²) in [6.45, 7) is 0. The quantitative estimate of drug-likeness (QED) is 0.574. The lowest BCUT2D eigenvalue weighted by molar-refractivity contribution is 0.0600. The zero-order chi connectivity index (χ0) is 11.7. The molecule has 1 aromatic rings. The van der Waals surface area contributed by atoms with Crippen LogP contribution in [0.25, 0.3) is 0 Å². The zero-order valence-electron chi connectivity index (χ0n) is 9.69. The first kappa shape index (κ1) is 4.45. The molecule has 0 aliphatic heterocycles. The summed E-state index contributed by atoms with van der Waals surface area (Å²) in [6.07, 6.45) is 0. The number of carbonyl (C=O) groups excluding carboxylic acids is 1. The molecule has 0 unspecified atom stereocenters. The van der Waals surface area contributed by atoms with E-state index in [9.17, 15) is 4.79 Å². The maximum atomic E-state index is 11.3. The number of ether oxygens (including phenoxy) is 1. The number of hydrogen-bond acceptors (Lipinski definition) is 2. The molecule has 0 aromatic heterocycles. The molecule has 1 aromatic carbocycles. The van der Waals surface area contributed by atoms with E-state index in [-0.39, 0.29) is 27.3 Å². The molecule has 0 aliphatic carbocycles. The standard InChI is InChI=1S/C8H7IO2/c1-11-8(10)6-3-2-4-7(9)5-6/h2-5H,1H3/i2D,3D,4D,5D. The Morgan fingerprint density at radius 2 is 2.45 bits per heavy atom. The van der Waals surface area contributed by atoms with Gasteiger partial charge in [-0.15, -0.1) is 0 Å². The van der Waals surface area contributed by atoms with Crippen molar-refractivity contribution in [3.05, 3.63) is 33.3 Å². The number of carbonyl (C=O) groups is 1. The maximum absolute atomic E-state index is 11.3. The average molecular weight is 266 g/mol. The number of hydrogen-bond donors (Lipinski definition) is 0. The van der Waals surface area contributed by atoms with Crippen LogP contribution < -0.4 is 0 Å². The van der Waals surface area contributed by atoms with Gasteiger partial charge in [-0.2, -0.15) is 0 Å². The van der Waals surface area contributed by atoms with Gasteiger partial charge in [-0.05, 0) is 40.7 Å². The Morgan fingerprint density at radius 3 is 3.09 bits per heavy atom. The van der Waals surface area contributed by atoms with Gasteiger partial charge in [0, 0.05) is 3.57 Å².